The summed E-state index contributed by atoms with van der Waals surface area (Å²) in [6, 6.07) is 2.35. The van der Waals surface area contributed by atoms with Crippen LogP contribution in [-0.4, -0.2) is 17.2 Å². The van der Waals surface area contributed by atoms with Crippen LogP contribution in [0.15, 0.2) is 16.8 Å². The lowest BCUT2D eigenvalue weighted by molar-refractivity contribution is -0.0765. The van der Waals surface area contributed by atoms with Gasteiger partial charge in [0, 0.05) is 12.0 Å². The van der Waals surface area contributed by atoms with Gasteiger partial charge in [-0.25, -0.2) is 0 Å². The zero-order valence-electron chi connectivity index (χ0n) is 11.2. The Morgan fingerprint density at radius 3 is 2.65 bits per heavy atom. The molecule has 1 aromatic heterocycles. The van der Waals surface area contributed by atoms with Crippen molar-refractivity contribution in [1.82, 2.24) is 0 Å². The van der Waals surface area contributed by atoms with Crippen LogP contribution in [0, 0.1) is 5.92 Å². The SMILES string of the molecule is CC1(C)CC(C(N)Cc2ccsc2)C(C)(C)O1. The first-order valence-corrected chi connectivity index (χ1v) is 7.21. The van der Waals surface area contributed by atoms with Crippen LogP contribution in [0.25, 0.3) is 0 Å². The Bertz CT molecular complexity index is 370. The van der Waals surface area contributed by atoms with Gasteiger partial charge in [0.2, 0.25) is 0 Å². The monoisotopic (exact) mass is 253 g/mol. The summed E-state index contributed by atoms with van der Waals surface area (Å²) in [7, 11) is 0. The number of rotatable bonds is 3. The summed E-state index contributed by atoms with van der Waals surface area (Å²) >= 11 is 1.74. The molecule has 2 heterocycles. The van der Waals surface area contributed by atoms with E-state index in [4.69, 9.17) is 10.5 Å². The first-order valence-electron chi connectivity index (χ1n) is 6.27. The number of thiophene rings is 1. The normalized spacial score (nSPS) is 28.2. The Morgan fingerprint density at radius 1 is 1.47 bits per heavy atom. The summed E-state index contributed by atoms with van der Waals surface area (Å²) in [6.07, 6.45) is 2.00. The molecular weight excluding hydrogens is 230 g/mol. The molecule has 2 nitrogen and oxygen atoms in total. The quantitative estimate of drug-likeness (QED) is 0.897. The van der Waals surface area contributed by atoms with E-state index in [9.17, 15) is 0 Å². The van der Waals surface area contributed by atoms with Crippen molar-refractivity contribution in [2.24, 2.45) is 11.7 Å². The van der Waals surface area contributed by atoms with Crippen molar-refractivity contribution in [2.75, 3.05) is 0 Å². The van der Waals surface area contributed by atoms with Crippen LogP contribution in [0.2, 0.25) is 0 Å². The maximum atomic E-state index is 6.39. The van der Waals surface area contributed by atoms with Gasteiger partial charge in [0.1, 0.15) is 0 Å². The Kier molecular flexibility index (Phi) is 3.36. The molecule has 0 amide bonds. The molecule has 0 bridgehead atoms. The molecular formula is C14H23NOS. The van der Waals surface area contributed by atoms with Crippen LogP contribution in [0.4, 0.5) is 0 Å². The minimum Gasteiger partial charge on any atom is -0.369 e. The van der Waals surface area contributed by atoms with E-state index in [1.165, 1.54) is 5.56 Å². The van der Waals surface area contributed by atoms with Gasteiger partial charge >= 0.3 is 0 Å². The Hall–Kier alpha value is -0.380. The maximum absolute atomic E-state index is 6.39. The van der Waals surface area contributed by atoms with E-state index in [1.807, 2.05) is 0 Å². The lowest BCUT2D eigenvalue weighted by Gasteiger charge is -2.30. The molecule has 2 atom stereocenters. The lowest BCUT2D eigenvalue weighted by atomic mass is 9.80. The molecule has 1 aliphatic heterocycles. The second-order valence-electron chi connectivity index (χ2n) is 6.28. The van der Waals surface area contributed by atoms with E-state index >= 15 is 0 Å². The van der Waals surface area contributed by atoms with Gasteiger partial charge < -0.3 is 10.5 Å². The summed E-state index contributed by atoms with van der Waals surface area (Å²) in [6.45, 7) is 8.65. The van der Waals surface area contributed by atoms with Gasteiger partial charge in [0.05, 0.1) is 11.2 Å². The highest BCUT2D eigenvalue weighted by Crippen LogP contribution is 2.43. The Morgan fingerprint density at radius 2 is 2.18 bits per heavy atom. The van der Waals surface area contributed by atoms with Gasteiger partial charge in [-0.1, -0.05) is 0 Å². The van der Waals surface area contributed by atoms with E-state index in [2.05, 4.69) is 44.5 Å². The summed E-state index contributed by atoms with van der Waals surface area (Å²) in [5.74, 6) is 0.428. The van der Waals surface area contributed by atoms with Crippen molar-refractivity contribution in [3.05, 3.63) is 22.4 Å². The molecule has 0 aliphatic carbocycles. The van der Waals surface area contributed by atoms with E-state index in [0.717, 1.165) is 12.8 Å². The minimum atomic E-state index is -0.112. The third-order valence-electron chi connectivity index (χ3n) is 3.71. The topological polar surface area (TPSA) is 35.2 Å². The average Bonchev–Trinajstić information content (AvgIpc) is 2.71. The number of hydrogen-bond donors (Lipinski definition) is 1. The van der Waals surface area contributed by atoms with Crippen LogP contribution in [-0.2, 0) is 11.2 Å². The van der Waals surface area contributed by atoms with Gasteiger partial charge in [0.25, 0.3) is 0 Å². The van der Waals surface area contributed by atoms with Crippen LogP contribution >= 0.6 is 11.3 Å². The van der Waals surface area contributed by atoms with Crippen LogP contribution in [0.3, 0.4) is 0 Å². The molecule has 2 unspecified atom stereocenters. The number of ether oxygens (including phenoxy) is 1. The first-order chi connectivity index (χ1) is 7.80. The molecule has 0 saturated carbocycles. The van der Waals surface area contributed by atoms with Crippen LogP contribution < -0.4 is 5.73 Å². The summed E-state index contributed by atoms with van der Waals surface area (Å²) < 4.78 is 6.11. The van der Waals surface area contributed by atoms with E-state index in [0.29, 0.717) is 5.92 Å². The fourth-order valence-corrected chi connectivity index (χ4v) is 3.78. The smallest absolute Gasteiger partial charge is 0.0677 e. The molecule has 3 heteroatoms. The van der Waals surface area contributed by atoms with Crippen molar-refractivity contribution < 1.29 is 4.74 Å². The molecule has 1 aromatic rings. The molecule has 0 radical (unpaired) electrons. The van der Waals surface area contributed by atoms with Crippen molar-refractivity contribution in [3.63, 3.8) is 0 Å². The summed E-state index contributed by atoms with van der Waals surface area (Å²) in [5.41, 5.74) is 7.59. The molecule has 1 aliphatic rings. The molecule has 1 saturated heterocycles. The van der Waals surface area contributed by atoms with Gasteiger partial charge in [0.15, 0.2) is 0 Å². The highest BCUT2D eigenvalue weighted by molar-refractivity contribution is 7.07. The van der Waals surface area contributed by atoms with Gasteiger partial charge in [-0.2, -0.15) is 11.3 Å². The molecule has 96 valence electrons. The number of nitrogens with two attached hydrogens (primary N) is 1. The number of hydrogen-bond acceptors (Lipinski definition) is 3. The zero-order chi connectivity index (χ0) is 12.7. The Balaban J connectivity index is 2.07. The predicted molar refractivity (Wildman–Crippen MR) is 73.3 cm³/mol. The highest BCUT2D eigenvalue weighted by atomic mass is 32.1. The minimum absolute atomic E-state index is 0.0412. The predicted octanol–water partition coefficient (Wildman–Crippen LogP) is 3.21. The Labute approximate surface area is 108 Å². The third kappa shape index (κ3) is 2.90. The maximum Gasteiger partial charge on any atom is 0.0677 e. The van der Waals surface area contributed by atoms with Crippen molar-refractivity contribution in [3.8, 4) is 0 Å². The molecule has 2 N–H and O–H groups in total. The van der Waals surface area contributed by atoms with Crippen LogP contribution in [0.5, 0.6) is 0 Å². The van der Waals surface area contributed by atoms with E-state index in [1.54, 1.807) is 11.3 Å². The van der Waals surface area contributed by atoms with Gasteiger partial charge in [-0.15, -0.1) is 0 Å². The van der Waals surface area contributed by atoms with Crippen molar-refractivity contribution >= 4 is 11.3 Å². The molecule has 1 fully saturated rings. The third-order valence-corrected chi connectivity index (χ3v) is 4.44. The standard InChI is InChI=1S/C14H23NOS/c1-13(2)8-11(14(3,4)16-13)12(15)7-10-5-6-17-9-10/h5-6,9,11-12H,7-8,15H2,1-4H3. The molecule has 0 spiro atoms. The molecule has 17 heavy (non-hydrogen) atoms. The van der Waals surface area contributed by atoms with Gasteiger partial charge in [-0.3, -0.25) is 0 Å². The summed E-state index contributed by atoms with van der Waals surface area (Å²) in [4.78, 5) is 0. The second-order valence-corrected chi connectivity index (χ2v) is 7.06. The molecule has 2 rings (SSSR count). The second kappa shape index (κ2) is 4.38. The lowest BCUT2D eigenvalue weighted by Crippen LogP contribution is -2.42. The van der Waals surface area contributed by atoms with Crippen LogP contribution in [0.1, 0.15) is 39.7 Å². The highest BCUT2D eigenvalue weighted by Gasteiger charge is 2.47. The molecule has 0 aromatic carbocycles. The van der Waals surface area contributed by atoms with Crippen molar-refractivity contribution in [2.45, 2.75) is 57.8 Å². The van der Waals surface area contributed by atoms with E-state index in [-0.39, 0.29) is 17.2 Å². The first kappa shape index (κ1) is 13.1. The van der Waals surface area contributed by atoms with E-state index < -0.39 is 0 Å². The summed E-state index contributed by atoms with van der Waals surface area (Å²) in [5, 5.41) is 4.30. The average molecular weight is 253 g/mol. The van der Waals surface area contributed by atoms with Crippen molar-refractivity contribution in [1.29, 1.82) is 0 Å². The fourth-order valence-electron chi connectivity index (χ4n) is 3.09. The van der Waals surface area contributed by atoms with Gasteiger partial charge in [-0.05, 0) is 62.9 Å². The fraction of sp³-hybridized carbons (Fsp3) is 0.714. The largest absolute Gasteiger partial charge is 0.369 e. The zero-order valence-corrected chi connectivity index (χ0v) is 12.0.